The van der Waals surface area contributed by atoms with E-state index in [9.17, 15) is 18.8 Å². The molecule has 0 saturated carbocycles. The van der Waals surface area contributed by atoms with Gasteiger partial charge in [0.15, 0.2) is 5.82 Å². The normalized spacial score (nSPS) is 14.3. The summed E-state index contributed by atoms with van der Waals surface area (Å²) in [5, 5.41) is 16.1. The van der Waals surface area contributed by atoms with Crippen LogP contribution in [0.5, 0.6) is 0 Å². The Balaban J connectivity index is 1.23. The Morgan fingerprint density at radius 1 is 1.20 bits per heavy atom. The summed E-state index contributed by atoms with van der Waals surface area (Å²) in [4.78, 5) is 44.6. The fourth-order valence-corrected chi connectivity index (χ4v) is 5.01. The van der Waals surface area contributed by atoms with Crippen LogP contribution in [0.1, 0.15) is 55.7 Å². The molecule has 0 aliphatic heterocycles. The van der Waals surface area contributed by atoms with Crippen molar-refractivity contribution in [2.45, 2.75) is 32.4 Å². The fraction of sp³-hybridized carbons (Fsp3) is 0.192. The van der Waals surface area contributed by atoms with E-state index in [1.54, 1.807) is 25.1 Å². The third kappa shape index (κ3) is 4.68. The van der Waals surface area contributed by atoms with Crippen molar-refractivity contribution in [2.75, 3.05) is 0 Å². The highest BCUT2D eigenvalue weighted by Gasteiger charge is 2.27. The zero-order chi connectivity index (χ0) is 28.0. The monoisotopic (exact) mass is 560 g/mol. The molecule has 14 heteroatoms. The van der Waals surface area contributed by atoms with E-state index >= 15 is 0 Å². The number of carbonyl (C=O) groups excluding carboxylic acids is 2. The van der Waals surface area contributed by atoms with Crippen LogP contribution in [0.25, 0.3) is 17.2 Å². The summed E-state index contributed by atoms with van der Waals surface area (Å²) in [5.41, 5.74) is 3.88. The number of rotatable bonds is 6. The van der Waals surface area contributed by atoms with E-state index in [0.717, 1.165) is 11.1 Å². The number of hydrogen-bond acceptors (Lipinski definition) is 8. The van der Waals surface area contributed by atoms with Crippen molar-refractivity contribution in [1.29, 1.82) is 0 Å². The molecule has 2 aromatic carbocycles. The highest BCUT2D eigenvalue weighted by atomic mass is 32.1. The van der Waals surface area contributed by atoms with Crippen molar-refractivity contribution in [2.24, 2.45) is 0 Å². The van der Waals surface area contributed by atoms with E-state index in [-0.39, 0.29) is 40.3 Å². The van der Waals surface area contributed by atoms with Crippen LogP contribution in [0.2, 0.25) is 0 Å². The summed E-state index contributed by atoms with van der Waals surface area (Å²) in [5.74, 6) is -1.56. The molecule has 1 atom stereocenters. The van der Waals surface area contributed by atoms with Crippen LogP contribution >= 0.6 is 12.2 Å². The van der Waals surface area contributed by atoms with Crippen molar-refractivity contribution >= 4 is 29.8 Å². The lowest BCUT2D eigenvalue weighted by Gasteiger charge is -2.15. The van der Waals surface area contributed by atoms with Gasteiger partial charge in [0.1, 0.15) is 17.2 Å². The highest BCUT2D eigenvalue weighted by molar-refractivity contribution is 7.71. The summed E-state index contributed by atoms with van der Waals surface area (Å²) >= 11 is 5.27. The van der Waals surface area contributed by atoms with Gasteiger partial charge in [-0.05, 0) is 72.4 Å². The summed E-state index contributed by atoms with van der Waals surface area (Å²) in [6.45, 7) is 1.78. The number of H-pyrrole nitrogens is 2. The van der Waals surface area contributed by atoms with Crippen LogP contribution < -0.4 is 16.4 Å². The number of fused-ring (bicyclic) bond motifs is 2. The topological polar surface area (TPSA) is 163 Å². The molecule has 0 spiro atoms. The Kier molecular flexibility index (Phi) is 6.30. The zero-order valence-corrected chi connectivity index (χ0v) is 21.8. The predicted molar refractivity (Wildman–Crippen MR) is 142 cm³/mol. The number of aromatic nitrogens is 6. The number of aryl methyl sites for hydroxylation is 2. The highest BCUT2D eigenvalue weighted by Crippen LogP contribution is 2.33. The van der Waals surface area contributed by atoms with Crippen molar-refractivity contribution in [3.05, 3.63) is 97.2 Å². The van der Waals surface area contributed by atoms with Gasteiger partial charge in [0.2, 0.25) is 4.77 Å². The van der Waals surface area contributed by atoms with E-state index in [1.165, 1.54) is 16.5 Å². The Morgan fingerprint density at radius 3 is 2.83 bits per heavy atom. The molecular weight excluding hydrogens is 539 g/mol. The quantitative estimate of drug-likeness (QED) is 0.230. The average Bonchev–Trinajstić information content (AvgIpc) is 3.67. The second-order valence-electron chi connectivity index (χ2n) is 9.38. The fourth-order valence-electron chi connectivity index (χ4n) is 4.79. The zero-order valence-electron chi connectivity index (χ0n) is 20.9. The molecule has 40 heavy (non-hydrogen) atoms. The first-order chi connectivity index (χ1) is 19.3. The first-order valence-electron chi connectivity index (χ1n) is 12.3. The summed E-state index contributed by atoms with van der Waals surface area (Å²) in [7, 11) is 0. The molecule has 1 aliphatic carbocycles. The molecule has 12 nitrogen and oxygen atoms in total. The maximum absolute atomic E-state index is 13.6. The molecule has 0 fully saturated rings. The molecular formula is C26H21FN8O4S. The van der Waals surface area contributed by atoms with E-state index in [0.29, 0.717) is 35.4 Å². The van der Waals surface area contributed by atoms with Gasteiger partial charge in [0, 0.05) is 12.1 Å². The Labute approximate surface area is 229 Å². The van der Waals surface area contributed by atoms with Gasteiger partial charge in [-0.2, -0.15) is 0 Å². The Morgan fingerprint density at radius 2 is 2.05 bits per heavy atom. The van der Waals surface area contributed by atoms with Crippen LogP contribution in [-0.2, 0) is 13.0 Å². The molecule has 0 saturated heterocycles. The SMILES string of the molecule is Cc1cc(CNC(=O)c2cc(C(=O)N[C@H]3CCc4cc(-c5noc(=O)[nH]5)ccc43)nc3n[nH]c(=S)n23)ccc1F. The minimum Gasteiger partial charge on any atom is -0.347 e. The number of nitrogens with zero attached hydrogens (tertiary/aromatic N) is 4. The molecule has 3 aromatic heterocycles. The maximum Gasteiger partial charge on any atom is 0.439 e. The number of hydrogen-bond donors (Lipinski definition) is 4. The second kappa shape index (κ2) is 9.96. The smallest absolute Gasteiger partial charge is 0.347 e. The molecule has 6 rings (SSSR count). The lowest BCUT2D eigenvalue weighted by Crippen LogP contribution is -2.30. The van der Waals surface area contributed by atoms with Gasteiger partial charge in [-0.25, -0.2) is 23.7 Å². The first kappa shape index (κ1) is 25.3. The average molecular weight is 561 g/mol. The molecule has 4 N–H and O–H groups in total. The minimum absolute atomic E-state index is 0.00507. The number of amides is 2. The number of aromatic amines is 2. The van der Waals surface area contributed by atoms with E-state index in [4.69, 9.17) is 12.2 Å². The van der Waals surface area contributed by atoms with Gasteiger partial charge >= 0.3 is 5.76 Å². The molecule has 1 aliphatic rings. The standard InChI is InChI=1S/C26H21FN8O4S/c1-12-8-13(2-6-17(12)27)11-28-23(37)20-10-19(30-24-32-33-25(40)35(20)24)22(36)29-18-7-4-14-9-15(3-5-16(14)18)21-31-26(38)39-34-21/h2-3,5-6,8-10,18H,4,7,11H2,1H3,(H,28,37)(H,29,36)(H,33,40)(H,31,34,38)/t18-/m0/s1. The Hall–Kier alpha value is -4.98. The lowest BCUT2D eigenvalue weighted by molar-refractivity contribution is 0.0931. The molecule has 202 valence electrons. The maximum atomic E-state index is 13.6. The van der Waals surface area contributed by atoms with Gasteiger partial charge in [-0.3, -0.25) is 19.1 Å². The summed E-state index contributed by atoms with van der Waals surface area (Å²) in [6, 6.07) is 11.2. The van der Waals surface area contributed by atoms with E-state index < -0.39 is 17.6 Å². The van der Waals surface area contributed by atoms with Gasteiger partial charge in [-0.1, -0.05) is 29.4 Å². The van der Waals surface area contributed by atoms with Crippen molar-refractivity contribution in [3.63, 3.8) is 0 Å². The molecule has 3 heterocycles. The third-order valence-electron chi connectivity index (χ3n) is 6.77. The number of nitrogens with one attached hydrogen (secondary N) is 4. The minimum atomic E-state index is -0.637. The predicted octanol–water partition coefficient (Wildman–Crippen LogP) is 2.93. The molecule has 0 unspecified atom stereocenters. The molecule has 0 radical (unpaired) electrons. The van der Waals surface area contributed by atoms with Gasteiger partial charge in [0.05, 0.1) is 6.04 Å². The van der Waals surface area contributed by atoms with Crippen LogP contribution in [0.15, 0.2) is 51.8 Å². The van der Waals surface area contributed by atoms with Crippen molar-refractivity contribution in [3.8, 4) is 11.4 Å². The number of halogens is 1. The number of carbonyl (C=O) groups is 2. The van der Waals surface area contributed by atoms with Crippen LogP contribution in [0.4, 0.5) is 4.39 Å². The molecule has 2 amide bonds. The van der Waals surface area contributed by atoms with Crippen LogP contribution in [0, 0.1) is 17.5 Å². The first-order valence-corrected chi connectivity index (χ1v) is 12.7. The van der Waals surface area contributed by atoms with Gasteiger partial charge in [0.25, 0.3) is 17.6 Å². The Bertz CT molecular complexity index is 1920. The summed E-state index contributed by atoms with van der Waals surface area (Å²) in [6.07, 6.45) is 1.35. The van der Waals surface area contributed by atoms with Crippen molar-refractivity contribution < 1.29 is 18.5 Å². The lowest BCUT2D eigenvalue weighted by atomic mass is 10.0. The molecule has 5 aromatic rings. The van der Waals surface area contributed by atoms with E-state index in [1.807, 2.05) is 12.1 Å². The molecule has 0 bridgehead atoms. The largest absolute Gasteiger partial charge is 0.439 e. The van der Waals surface area contributed by atoms with E-state index in [2.05, 4.69) is 40.5 Å². The van der Waals surface area contributed by atoms with Crippen LogP contribution in [-0.4, -0.2) is 41.5 Å². The number of benzene rings is 2. The summed E-state index contributed by atoms with van der Waals surface area (Å²) < 4.78 is 19.7. The van der Waals surface area contributed by atoms with Crippen LogP contribution in [0.3, 0.4) is 0 Å². The van der Waals surface area contributed by atoms with Crippen molar-refractivity contribution in [1.82, 2.24) is 40.4 Å². The third-order valence-corrected chi connectivity index (χ3v) is 7.04. The van der Waals surface area contributed by atoms with Gasteiger partial charge < -0.3 is 10.6 Å². The second-order valence-corrected chi connectivity index (χ2v) is 9.77. The van der Waals surface area contributed by atoms with Gasteiger partial charge in [-0.15, -0.1) is 5.10 Å².